The number of anilines is 1. The van der Waals surface area contributed by atoms with E-state index in [2.05, 4.69) is 26.1 Å². The van der Waals surface area contributed by atoms with E-state index < -0.39 is 0 Å². The molecule has 0 atom stereocenters. The quantitative estimate of drug-likeness (QED) is 0.776. The second kappa shape index (κ2) is 9.32. The van der Waals surface area contributed by atoms with Gasteiger partial charge in [0.1, 0.15) is 12.4 Å². The molecule has 2 rings (SSSR count). The van der Waals surface area contributed by atoms with Crippen molar-refractivity contribution in [3.05, 3.63) is 41.6 Å². The Balaban J connectivity index is 2.32. The summed E-state index contributed by atoms with van der Waals surface area (Å²) >= 11 is 0. The van der Waals surface area contributed by atoms with E-state index in [0.29, 0.717) is 12.4 Å². The van der Waals surface area contributed by atoms with Crippen LogP contribution in [0.15, 0.2) is 30.3 Å². The molecule has 0 spiro atoms. The van der Waals surface area contributed by atoms with Gasteiger partial charge < -0.3 is 15.1 Å². The fourth-order valence-electron chi connectivity index (χ4n) is 3.08. The normalized spacial score (nSPS) is 11.5. The zero-order chi connectivity index (χ0) is 22.6. The van der Waals surface area contributed by atoms with Crippen LogP contribution in [0, 0.1) is 12.8 Å². The van der Waals surface area contributed by atoms with Gasteiger partial charge in [0.25, 0.3) is 0 Å². The Hall–Kier alpha value is -2.83. The first-order chi connectivity index (χ1) is 13.9. The average molecular weight is 414 g/mol. The van der Waals surface area contributed by atoms with Gasteiger partial charge in [-0.05, 0) is 30.5 Å². The van der Waals surface area contributed by atoms with Gasteiger partial charge in [-0.2, -0.15) is 5.10 Å². The van der Waals surface area contributed by atoms with E-state index in [9.17, 15) is 9.59 Å². The van der Waals surface area contributed by atoms with Crippen molar-refractivity contribution in [3.8, 4) is 5.69 Å². The predicted octanol–water partition coefficient (Wildman–Crippen LogP) is 4.06. The first kappa shape index (κ1) is 23.4. The molecule has 7 heteroatoms. The second-order valence-corrected chi connectivity index (χ2v) is 9.42. The Morgan fingerprint density at radius 3 is 2.37 bits per heavy atom. The Morgan fingerprint density at radius 1 is 1.17 bits per heavy atom. The molecule has 0 saturated heterocycles. The van der Waals surface area contributed by atoms with Gasteiger partial charge in [0.15, 0.2) is 0 Å². The van der Waals surface area contributed by atoms with Crippen molar-refractivity contribution in [1.29, 1.82) is 0 Å². The van der Waals surface area contributed by atoms with Crippen molar-refractivity contribution < 1.29 is 9.59 Å². The van der Waals surface area contributed by atoms with E-state index >= 15 is 0 Å². The molecule has 7 nitrogen and oxygen atoms in total. The van der Waals surface area contributed by atoms with Crippen molar-refractivity contribution >= 4 is 17.8 Å². The fraction of sp³-hybridized carbons (Fsp3) is 0.522. The number of hydrogen-bond donors (Lipinski definition) is 1. The average Bonchev–Trinajstić information content (AvgIpc) is 3.04. The molecule has 0 bridgehead atoms. The number of rotatable bonds is 6. The summed E-state index contributed by atoms with van der Waals surface area (Å²) in [6.45, 7) is 12.8. The highest BCUT2D eigenvalue weighted by Gasteiger charge is 2.24. The summed E-state index contributed by atoms with van der Waals surface area (Å²) in [4.78, 5) is 28.4. The number of nitrogens with zero attached hydrogens (tertiary/aromatic N) is 4. The standard InChI is InChI=1S/C23H35N5O2/c1-16(2)14-27(22(30)26(7)8)15-21(29)24-20-13-19(23(4,5)6)25-28(20)18-11-9-10-17(3)12-18/h9-13,16H,14-15H2,1-8H3,(H,24,29). The molecule has 1 N–H and O–H groups in total. The molecule has 0 fully saturated rings. The highest BCUT2D eigenvalue weighted by atomic mass is 16.2. The lowest BCUT2D eigenvalue weighted by molar-refractivity contribution is -0.117. The van der Waals surface area contributed by atoms with Gasteiger partial charge in [0, 0.05) is 32.1 Å². The van der Waals surface area contributed by atoms with Crippen LogP contribution in [0.25, 0.3) is 5.69 Å². The Kier molecular flexibility index (Phi) is 7.29. The van der Waals surface area contributed by atoms with Gasteiger partial charge in [0.2, 0.25) is 5.91 Å². The highest BCUT2D eigenvalue weighted by molar-refractivity contribution is 5.94. The van der Waals surface area contributed by atoms with Crippen LogP contribution in [0.2, 0.25) is 0 Å². The van der Waals surface area contributed by atoms with Crippen LogP contribution < -0.4 is 5.32 Å². The van der Waals surface area contributed by atoms with E-state index in [1.54, 1.807) is 23.7 Å². The van der Waals surface area contributed by atoms with Crippen LogP contribution in [0.5, 0.6) is 0 Å². The minimum absolute atomic E-state index is 0.0148. The lowest BCUT2D eigenvalue weighted by Gasteiger charge is -2.27. The Labute approximate surface area is 180 Å². The third-order valence-electron chi connectivity index (χ3n) is 4.56. The van der Waals surface area contributed by atoms with E-state index in [1.165, 1.54) is 4.90 Å². The molecule has 1 aromatic heterocycles. The molecule has 1 heterocycles. The highest BCUT2D eigenvalue weighted by Crippen LogP contribution is 2.26. The van der Waals surface area contributed by atoms with Crippen molar-refractivity contribution in [2.24, 2.45) is 5.92 Å². The van der Waals surface area contributed by atoms with E-state index in [0.717, 1.165) is 16.9 Å². The zero-order valence-corrected chi connectivity index (χ0v) is 19.5. The van der Waals surface area contributed by atoms with E-state index in [4.69, 9.17) is 5.10 Å². The SMILES string of the molecule is Cc1cccc(-n2nc(C(C)(C)C)cc2NC(=O)CN(CC(C)C)C(=O)N(C)C)c1. The van der Waals surface area contributed by atoms with Gasteiger partial charge in [-0.15, -0.1) is 0 Å². The van der Waals surface area contributed by atoms with Crippen molar-refractivity contribution in [1.82, 2.24) is 19.6 Å². The molecule has 0 aliphatic heterocycles. The lowest BCUT2D eigenvalue weighted by Crippen LogP contribution is -2.45. The van der Waals surface area contributed by atoms with Gasteiger partial charge >= 0.3 is 6.03 Å². The summed E-state index contributed by atoms with van der Waals surface area (Å²) in [5.41, 5.74) is 2.70. The molecule has 0 saturated carbocycles. The van der Waals surface area contributed by atoms with Gasteiger partial charge in [-0.25, -0.2) is 9.48 Å². The number of urea groups is 1. The predicted molar refractivity (Wildman–Crippen MR) is 121 cm³/mol. The van der Waals surface area contributed by atoms with Crippen molar-refractivity contribution in [3.63, 3.8) is 0 Å². The van der Waals surface area contributed by atoms with Crippen LogP contribution in [-0.2, 0) is 10.2 Å². The van der Waals surface area contributed by atoms with Gasteiger partial charge in [-0.3, -0.25) is 4.79 Å². The number of benzene rings is 1. The maximum Gasteiger partial charge on any atom is 0.319 e. The fourth-order valence-corrected chi connectivity index (χ4v) is 3.08. The number of carbonyl (C=O) groups excluding carboxylic acids is 2. The van der Waals surface area contributed by atoms with Gasteiger partial charge in [0.05, 0.1) is 11.4 Å². The van der Waals surface area contributed by atoms with Crippen LogP contribution in [0.3, 0.4) is 0 Å². The first-order valence-corrected chi connectivity index (χ1v) is 10.3. The molecular weight excluding hydrogens is 378 g/mol. The summed E-state index contributed by atoms with van der Waals surface area (Å²) < 4.78 is 1.76. The molecule has 0 aliphatic rings. The smallest absolute Gasteiger partial charge is 0.319 e. The molecule has 0 radical (unpaired) electrons. The van der Waals surface area contributed by atoms with Gasteiger partial charge in [-0.1, -0.05) is 46.8 Å². The number of hydrogen-bond acceptors (Lipinski definition) is 3. The molecule has 0 unspecified atom stereocenters. The van der Waals surface area contributed by atoms with Crippen LogP contribution in [0.1, 0.15) is 45.9 Å². The van der Waals surface area contributed by atoms with Crippen molar-refractivity contribution in [2.45, 2.75) is 47.0 Å². The molecule has 30 heavy (non-hydrogen) atoms. The third kappa shape index (κ3) is 6.08. The summed E-state index contributed by atoms with van der Waals surface area (Å²) in [5.74, 6) is 0.601. The molecule has 0 aliphatic carbocycles. The topological polar surface area (TPSA) is 70.5 Å². The maximum atomic E-state index is 12.9. The van der Waals surface area contributed by atoms with Crippen molar-refractivity contribution in [2.75, 3.05) is 32.5 Å². The minimum atomic E-state index is -0.250. The summed E-state index contributed by atoms with van der Waals surface area (Å²) in [7, 11) is 3.38. The summed E-state index contributed by atoms with van der Waals surface area (Å²) in [6.07, 6.45) is 0. The van der Waals surface area contributed by atoms with Crippen LogP contribution in [-0.4, -0.2) is 58.7 Å². The maximum absolute atomic E-state index is 12.9. The third-order valence-corrected chi connectivity index (χ3v) is 4.56. The largest absolute Gasteiger partial charge is 0.331 e. The Bertz CT molecular complexity index is 893. The molecule has 1 aromatic carbocycles. The molecule has 3 amide bonds. The number of nitrogens with one attached hydrogen (secondary N) is 1. The molecule has 164 valence electrons. The monoisotopic (exact) mass is 413 g/mol. The lowest BCUT2D eigenvalue weighted by atomic mass is 9.92. The summed E-state index contributed by atoms with van der Waals surface area (Å²) in [6, 6.07) is 9.70. The van der Waals surface area contributed by atoms with E-state index in [-0.39, 0.29) is 29.8 Å². The number of aryl methyl sites for hydroxylation is 1. The minimum Gasteiger partial charge on any atom is -0.331 e. The van der Waals surface area contributed by atoms with Crippen LogP contribution >= 0.6 is 0 Å². The first-order valence-electron chi connectivity index (χ1n) is 10.3. The number of aromatic nitrogens is 2. The Morgan fingerprint density at radius 2 is 1.83 bits per heavy atom. The zero-order valence-electron chi connectivity index (χ0n) is 19.5. The number of carbonyl (C=O) groups is 2. The number of amides is 3. The second-order valence-electron chi connectivity index (χ2n) is 9.42. The molecular formula is C23H35N5O2. The summed E-state index contributed by atoms with van der Waals surface area (Å²) in [5, 5.41) is 7.72. The van der Waals surface area contributed by atoms with Crippen LogP contribution in [0.4, 0.5) is 10.6 Å². The van der Waals surface area contributed by atoms with E-state index in [1.807, 2.05) is 51.1 Å². The molecule has 2 aromatic rings.